The Labute approximate surface area is 180 Å². The number of thioether (sulfide) groups is 1. The van der Waals surface area contributed by atoms with E-state index in [1.54, 1.807) is 11.8 Å². The Morgan fingerprint density at radius 2 is 1.79 bits per heavy atom. The van der Waals surface area contributed by atoms with Crippen LogP contribution < -0.4 is 9.47 Å². The number of fused-ring (bicyclic) bond motifs is 1. The summed E-state index contributed by atoms with van der Waals surface area (Å²) in [6.07, 6.45) is 0.809. The van der Waals surface area contributed by atoms with Gasteiger partial charge in [0, 0.05) is 42.6 Å². The third-order valence-electron chi connectivity index (χ3n) is 5.27. The molecular formula is C22H25ClN2O3S. The highest BCUT2D eigenvalue weighted by molar-refractivity contribution is 8.00. The van der Waals surface area contributed by atoms with Crippen LogP contribution in [0.15, 0.2) is 47.4 Å². The van der Waals surface area contributed by atoms with Crippen LogP contribution in [0.5, 0.6) is 11.5 Å². The lowest BCUT2D eigenvalue weighted by atomic mass is 10.1. The first kappa shape index (κ1) is 20.4. The second kappa shape index (κ2) is 9.28. The molecular weight excluding hydrogens is 408 g/mol. The molecule has 154 valence electrons. The number of ether oxygens (including phenoxy) is 2. The minimum atomic E-state index is -0.0587. The fraction of sp³-hybridized carbons (Fsp3) is 0.409. The van der Waals surface area contributed by atoms with Crippen LogP contribution in [0, 0.1) is 0 Å². The fourth-order valence-corrected chi connectivity index (χ4v) is 4.78. The molecule has 2 aliphatic heterocycles. The lowest BCUT2D eigenvalue weighted by molar-refractivity contribution is -0.132. The van der Waals surface area contributed by atoms with E-state index in [1.165, 1.54) is 5.56 Å². The number of piperazine rings is 1. The van der Waals surface area contributed by atoms with Crippen LogP contribution in [0.3, 0.4) is 0 Å². The highest BCUT2D eigenvalue weighted by Crippen LogP contribution is 2.33. The number of amides is 1. The summed E-state index contributed by atoms with van der Waals surface area (Å²) in [5.74, 6) is 1.87. The molecule has 1 saturated heterocycles. The van der Waals surface area contributed by atoms with Gasteiger partial charge in [-0.05, 0) is 48.4 Å². The molecule has 1 fully saturated rings. The van der Waals surface area contributed by atoms with Crippen molar-refractivity contribution in [3.63, 3.8) is 0 Å². The SMILES string of the molecule is CC[C@@H](Sc1ccc(Cl)cc1)C(=O)N1CCN(Cc2ccc3c(c2)OCO3)CC1. The standard InChI is InChI=1S/C22H25ClN2O3S/c1-2-21(29-18-6-4-17(23)5-7-18)22(26)25-11-9-24(10-12-25)14-16-3-8-19-20(13-16)28-15-27-19/h3-8,13,21H,2,9-12,14-15H2,1H3/t21-/m1/s1. The molecule has 0 spiro atoms. The predicted octanol–water partition coefficient (Wildman–Crippen LogP) is 4.28. The number of carbonyl (C=O) groups is 1. The van der Waals surface area contributed by atoms with E-state index in [9.17, 15) is 4.79 Å². The van der Waals surface area contributed by atoms with Gasteiger partial charge in [0.25, 0.3) is 0 Å². The minimum Gasteiger partial charge on any atom is -0.454 e. The van der Waals surface area contributed by atoms with Crippen LogP contribution >= 0.6 is 23.4 Å². The zero-order valence-corrected chi connectivity index (χ0v) is 18.0. The zero-order chi connectivity index (χ0) is 20.2. The second-order valence-corrected chi connectivity index (χ2v) is 8.97. The van der Waals surface area contributed by atoms with Gasteiger partial charge in [-0.3, -0.25) is 9.69 Å². The molecule has 4 rings (SSSR count). The molecule has 0 N–H and O–H groups in total. The Balaban J connectivity index is 1.30. The topological polar surface area (TPSA) is 42.0 Å². The maximum atomic E-state index is 13.0. The third-order valence-corrected chi connectivity index (χ3v) is 6.88. The van der Waals surface area contributed by atoms with Gasteiger partial charge in [-0.1, -0.05) is 24.6 Å². The lowest BCUT2D eigenvalue weighted by Gasteiger charge is -2.36. The van der Waals surface area contributed by atoms with Crippen LogP contribution in [0.1, 0.15) is 18.9 Å². The Hall–Kier alpha value is -1.89. The van der Waals surface area contributed by atoms with E-state index in [4.69, 9.17) is 21.1 Å². The summed E-state index contributed by atoms with van der Waals surface area (Å²) < 4.78 is 10.8. The quantitative estimate of drug-likeness (QED) is 0.637. The Morgan fingerprint density at radius 1 is 1.07 bits per heavy atom. The van der Waals surface area contributed by atoms with E-state index in [1.807, 2.05) is 35.2 Å². The summed E-state index contributed by atoms with van der Waals surface area (Å²) in [4.78, 5) is 18.5. The molecule has 0 unspecified atom stereocenters. The van der Waals surface area contributed by atoms with Crippen molar-refractivity contribution in [2.45, 2.75) is 30.0 Å². The molecule has 0 saturated carbocycles. The molecule has 29 heavy (non-hydrogen) atoms. The molecule has 1 atom stereocenters. The highest BCUT2D eigenvalue weighted by atomic mass is 35.5. The van der Waals surface area contributed by atoms with Crippen molar-refractivity contribution in [2.24, 2.45) is 0 Å². The van der Waals surface area contributed by atoms with Crippen molar-refractivity contribution in [1.29, 1.82) is 0 Å². The van der Waals surface area contributed by atoms with Crippen molar-refractivity contribution in [3.05, 3.63) is 53.1 Å². The van der Waals surface area contributed by atoms with E-state index in [2.05, 4.69) is 24.0 Å². The molecule has 7 heteroatoms. The summed E-state index contributed by atoms with van der Waals surface area (Å²) in [6.45, 7) is 6.51. The van der Waals surface area contributed by atoms with Crippen LogP contribution in [0.4, 0.5) is 0 Å². The van der Waals surface area contributed by atoms with Gasteiger partial charge in [-0.2, -0.15) is 0 Å². The molecule has 5 nitrogen and oxygen atoms in total. The normalized spacial score (nSPS) is 17.4. The number of hydrogen-bond acceptors (Lipinski definition) is 5. The van der Waals surface area contributed by atoms with Crippen molar-refractivity contribution >= 4 is 29.3 Å². The van der Waals surface area contributed by atoms with Gasteiger partial charge < -0.3 is 14.4 Å². The average Bonchev–Trinajstić information content (AvgIpc) is 3.21. The van der Waals surface area contributed by atoms with E-state index >= 15 is 0 Å². The minimum absolute atomic E-state index is 0.0587. The summed E-state index contributed by atoms with van der Waals surface area (Å²) in [5, 5.41) is 0.656. The van der Waals surface area contributed by atoms with Crippen molar-refractivity contribution in [1.82, 2.24) is 9.80 Å². The van der Waals surface area contributed by atoms with E-state index < -0.39 is 0 Å². The first-order valence-electron chi connectivity index (χ1n) is 9.94. The molecule has 2 aromatic rings. The number of rotatable bonds is 6. The molecule has 2 aliphatic rings. The van der Waals surface area contributed by atoms with Crippen molar-refractivity contribution < 1.29 is 14.3 Å². The van der Waals surface area contributed by atoms with Crippen molar-refractivity contribution in [3.8, 4) is 11.5 Å². The van der Waals surface area contributed by atoms with Crippen LogP contribution in [-0.2, 0) is 11.3 Å². The Morgan fingerprint density at radius 3 is 2.52 bits per heavy atom. The second-order valence-electron chi connectivity index (χ2n) is 7.26. The molecule has 2 aromatic carbocycles. The summed E-state index contributed by atoms with van der Waals surface area (Å²) in [6, 6.07) is 13.8. The van der Waals surface area contributed by atoms with Crippen LogP contribution in [0.2, 0.25) is 5.02 Å². The number of hydrogen-bond donors (Lipinski definition) is 0. The maximum absolute atomic E-state index is 13.0. The first-order valence-corrected chi connectivity index (χ1v) is 11.2. The van der Waals surface area contributed by atoms with Gasteiger partial charge in [0.05, 0.1) is 5.25 Å². The number of benzene rings is 2. The monoisotopic (exact) mass is 432 g/mol. The van der Waals surface area contributed by atoms with Gasteiger partial charge in [-0.15, -0.1) is 11.8 Å². The molecule has 0 aromatic heterocycles. The smallest absolute Gasteiger partial charge is 0.236 e. The Bertz CT molecular complexity index is 854. The van der Waals surface area contributed by atoms with Gasteiger partial charge >= 0.3 is 0 Å². The largest absolute Gasteiger partial charge is 0.454 e. The van der Waals surface area contributed by atoms with Gasteiger partial charge in [-0.25, -0.2) is 0 Å². The number of halogens is 1. The molecule has 1 amide bonds. The summed E-state index contributed by atoms with van der Waals surface area (Å²) >= 11 is 7.59. The first-order chi connectivity index (χ1) is 14.1. The molecule has 0 bridgehead atoms. The van der Waals surface area contributed by atoms with Crippen LogP contribution in [-0.4, -0.2) is 53.9 Å². The third kappa shape index (κ3) is 5.00. The van der Waals surface area contributed by atoms with E-state index in [-0.39, 0.29) is 11.2 Å². The summed E-state index contributed by atoms with van der Waals surface area (Å²) in [7, 11) is 0. The van der Waals surface area contributed by atoms with E-state index in [0.717, 1.165) is 55.5 Å². The van der Waals surface area contributed by atoms with Crippen LogP contribution in [0.25, 0.3) is 0 Å². The fourth-order valence-electron chi connectivity index (χ4n) is 3.61. The van der Waals surface area contributed by atoms with Gasteiger partial charge in [0.15, 0.2) is 11.5 Å². The predicted molar refractivity (Wildman–Crippen MR) is 116 cm³/mol. The summed E-state index contributed by atoms with van der Waals surface area (Å²) in [5.41, 5.74) is 1.21. The van der Waals surface area contributed by atoms with E-state index in [0.29, 0.717) is 11.8 Å². The molecule has 0 radical (unpaired) electrons. The average molecular weight is 433 g/mol. The molecule has 0 aliphatic carbocycles. The number of nitrogens with zero attached hydrogens (tertiary/aromatic N) is 2. The van der Waals surface area contributed by atoms with Gasteiger partial charge in [0.1, 0.15) is 0 Å². The number of carbonyl (C=O) groups excluding carboxylic acids is 1. The van der Waals surface area contributed by atoms with Gasteiger partial charge in [0.2, 0.25) is 12.7 Å². The lowest BCUT2D eigenvalue weighted by Crippen LogP contribution is -2.50. The zero-order valence-electron chi connectivity index (χ0n) is 16.5. The maximum Gasteiger partial charge on any atom is 0.236 e. The van der Waals surface area contributed by atoms with Crippen molar-refractivity contribution in [2.75, 3.05) is 33.0 Å². The Kier molecular flexibility index (Phi) is 6.53. The highest BCUT2D eigenvalue weighted by Gasteiger charge is 2.27. The molecule has 2 heterocycles.